The van der Waals surface area contributed by atoms with Crippen molar-refractivity contribution in [1.29, 1.82) is 0 Å². The molecule has 2 N–H and O–H groups in total. The number of carbonyl (C=O) groups excluding carboxylic acids is 1. The number of hydrogen-bond donors (Lipinski definition) is 2. The zero-order valence-corrected chi connectivity index (χ0v) is 14.7. The lowest BCUT2D eigenvalue weighted by Crippen LogP contribution is -2.22. The summed E-state index contributed by atoms with van der Waals surface area (Å²) in [4.78, 5) is 11.9. The Kier molecular flexibility index (Phi) is 6.12. The summed E-state index contributed by atoms with van der Waals surface area (Å²) in [5, 5.41) is 16.1. The number of halogens is 1. The number of nitrogens with zero attached hydrogens (tertiary/aromatic N) is 2. The predicted molar refractivity (Wildman–Crippen MR) is 103 cm³/mol. The fourth-order valence-electron chi connectivity index (χ4n) is 2.57. The van der Waals surface area contributed by atoms with E-state index in [1.165, 1.54) is 18.2 Å². The minimum Gasteiger partial charge on any atom is -0.396 e. The number of rotatable bonds is 7. The molecule has 0 radical (unpaired) electrons. The summed E-state index contributed by atoms with van der Waals surface area (Å²) in [6.07, 6.45) is 5.44. The zero-order valence-electron chi connectivity index (χ0n) is 14.7. The molecule has 0 unspecified atom stereocenters. The number of amides is 1. The first-order chi connectivity index (χ1) is 13.2. The Balaban J connectivity index is 1.92. The molecule has 0 fully saturated rings. The van der Waals surface area contributed by atoms with E-state index < -0.39 is 0 Å². The van der Waals surface area contributed by atoms with E-state index in [2.05, 4.69) is 10.4 Å². The Hall–Kier alpha value is -3.25. The quantitative estimate of drug-likeness (QED) is 0.499. The van der Waals surface area contributed by atoms with Gasteiger partial charge in [-0.2, -0.15) is 5.10 Å². The third-order valence-corrected chi connectivity index (χ3v) is 3.93. The molecule has 3 aromatic rings. The van der Waals surface area contributed by atoms with E-state index in [0.717, 1.165) is 16.8 Å². The molecule has 0 saturated heterocycles. The number of aliphatic hydroxyl groups excluding tert-OH is 1. The van der Waals surface area contributed by atoms with Gasteiger partial charge in [-0.1, -0.05) is 18.2 Å². The third kappa shape index (κ3) is 4.89. The van der Waals surface area contributed by atoms with Crippen LogP contribution in [0.3, 0.4) is 0 Å². The van der Waals surface area contributed by atoms with E-state index >= 15 is 0 Å². The van der Waals surface area contributed by atoms with Gasteiger partial charge in [0.15, 0.2) is 0 Å². The van der Waals surface area contributed by atoms with Crippen LogP contribution in [-0.4, -0.2) is 33.9 Å². The van der Waals surface area contributed by atoms with Crippen molar-refractivity contribution >= 4 is 12.0 Å². The standard InChI is InChI=1S/C21H20FN3O2/c22-18-10-7-16(8-11-18)21-17(9-12-20(27)23-13-4-14-26)15-25(24-21)19-5-2-1-3-6-19/h1-3,5-12,15,26H,4,13-14H2,(H,23,27)/b12-9+. The molecule has 5 nitrogen and oxygen atoms in total. The van der Waals surface area contributed by atoms with Gasteiger partial charge < -0.3 is 10.4 Å². The van der Waals surface area contributed by atoms with Crippen LogP contribution in [0.5, 0.6) is 0 Å². The van der Waals surface area contributed by atoms with Crippen molar-refractivity contribution in [2.75, 3.05) is 13.2 Å². The van der Waals surface area contributed by atoms with Crippen LogP contribution < -0.4 is 5.32 Å². The number of carbonyl (C=O) groups is 1. The van der Waals surface area contributed by atoms with Crippen molar-refractivity contribution in [3.05, 3.63) is 78.3 Å². The summed E-state index contributed by atoms with van der Waals surface area (Å²) >= 11 is 0. The summed E-state index contributed by atoms with van der Waals surface area (Å²) < 4.78 is 15.0. The second-order valence-corrected chi connectivity index (χ2v) is 5.92. The molecular formula is C21H20FN3O2. The number of hydrogen-bond acceptors (Lipinski definition) is 3. The number of nitrogens with one attached hydrogen (secondary N) is 1. The molecule has 1 heterocycles. The summed E-state index contributed by atoms with van der Waals surface area (Å²) in [6, 6.07) is 15.7. The smallest absolute Gasteiger partial charge is 0.244 e. The fourth-order valence-corrected chi connectivity index (χ4v) is 2.57. The molecule has 0 bridgehead atoms. The van der Waals surface area contributed by atoms with Gasteiger partial charge in [0.25, 0.3) is 0 Å². The minimum atomic E-state index is -0.318. The van der Waals surface area contributed by atoms with E-state index in [1.807, 2.05) is 36.5 Å². The maximum absolute atomic E-state index is 13.3. The molecule has 0 atom stereocenters. The molecule has 0 aliphatic carbocycles. The lowest BCUT2D eigenvalue weighted by molar-refractivity contribution is -0.116. The largest absolute Gasteiger partial charge is 0.396 e. The van der Waals surface area contributed by atoms with Gasteiger partial charge in [-0.05, 0) is 48.9 Å². The zero-order chi connectivity index (χ0) is 19.1. The Labute approximate surface area is 156 Å². The first-order valence-electron chi connectivity index (χ1n) is 8.65. The van der Waals surface area contributed by atoms with E-state index in [1.54, 1.807) is 22.9 Å². The molecule has 0 aliphatic rings. The maximum Gasteiger partial charge on any atom is 0.244 e. The van der Waals surface area contributed by atoms with E-state index in [4.69, 9.17) is 5.11 Å². The van der Waals surface area contributed by atoms with Crippen LogP contribution in [0.15, 0.2) is 66.9 Å². The second-order valence-electron chi connectivity index (χ2n) is 5.92. The van der Waals surface area contributed by atoms with Crippen LogP contribution in [-0.2, 0) is 4.79 Å². The van der Waals surface area contributed by atoms with Gasteiger partial charge in [-0.15, -0.1) is 0 Å². The van der Waals surface area contributed by atoms with Crippen LogP contribution in [0.25, 0.3) is 23.0 Å². The van der Waals surface area contributed by atoms with Crippen LogP contribution >= 0.6 is 0 Å². The molecule has 27 heavy (non-hydrogen) atoms. The van der Waals surface area contributed by atoms with Gasteiger partial charge in [-0.25, -0.2) is 9.07 Å². The SMILES string of the molecule is O=C(/C=C/c1cn(-c2ccccc2)nc1-c1ccc(F)cc1)NCCCO. The summed E-state index contributed by atoms with van der Waals surface area (Å²) in [5.74, 6) is -0.567. The highest BCUT2D eigenvalue weighted by Crippen LogP contribution is 2.25. The van der Waals surface area contributed by atoms with Crippen molar-refractivity contribution in [2.45, 2.75) is 6.42 Å². The molecule has 1 aromatic heterocycles. The van der Waals surface area contributed by atoms with Gasteiger partial charge in [0.2, 0.25) is 5.91 Å². The first kappa shape index (κ1) is 18.5. The normalized spacial score (nSPS) is 11.0. The number of benzene rings is 2. The van der Waals surface area contributed by atoms with Crippen LogP contribution in [0.4, 0.5) is 4.39 Å². The average Bonchev–Trinajstić information content (AvgIpc) is 3.12. The third-order valence-electron chi connectivity index (χ3n) is 3.93. The lowest BCUT2D eigenvalue weighted by atomic mass is 10.1. The molecule has 138 valence electrons. The Morgan fingerprint density at radius 2 is 1.89 bits per heavy atom. The topological polar surface area (TPSA) is 67.2 Å². The molecule has 1 amide bonds. The van der Waals surface area contributed by atoms with Crippen LogP contribution in [0, 0.1) is 5.82 Å². The molecule has 6 heteroatoms. The predicted octanol–water partition coefficient (Wildman–Crippen LogP) is 3.19. The molecule has 0 saturated carbocycles. The molecule has 0 aliphatic heterocycles. The number of para-hydroxylation sites is 1. The highest BCUT2D eigenvalue weighted by atomic mass is 19.1. The van der Waals surface area contributed by atoms with Gasteiger partial charge in [-0.3, -0.25) is 4.79 Å². The van der Waals surface area contributed by atoms with E-state index in [0.29, 0.717) is 18.7 Å². The number of aromatic nitrogens is 2. The van der Waals surface area contributed by atoms with Crippen molar-refractivity contribution in [2.24, 2.45) is 0 Å². The maximum atomic E-state index is 13.3. The van der Waals surface area contributed by atoms with Crippen molar-refractivity contribution in [3.63, 3.8) is 0 Å². The second kappa shape index (κ2) is 8.91. The summed E-state index contributed by atoms with van der Waals surface area (Å²) in [6.45, 7) is 0.441. The van der Waals surface area contributed by atoms with Gasteiger partial charge in [0, 0.05) is 36.6 Å². The molecule has 3 rings (SSSR count). The number of aliphatic hydroxyl groups is 1. The van der Waals surface area contributed by atoms with Crippen LogP contribution in [0.1, 0.15) is 12.0 Å². The van der Waals surface area contributed by atoms with E-state index in [-0.39, 0.29) is 18.3 Å². The first-order valence-corrected chi connectivity index (χ1v) is 8.65. The monoisotopic (exact) mass is 365 g/mol. The van der Waals surface area contributed by atoms with Crippen molar-refractivity contribution < 1.29 is 14.3 Å². The van der Waals surface area contributed by atoms with Crippen molar-refractivity contribution in [1.82, 2.24) is 15.1 Å². The Morgan fingerprint density at radius 3 is 2.59 bits per heavy atom. The summed E-state index contributed by atoms with van der Waals surface area (Å²) in [5.41, 5.74) is 3.03. The summed E-state index contributed by atoms with van der Waals surface area (Å²) in [7, 11) is 0. The highest BCUT2D eigenvalue weighted by molar-refractivity contribution is 5.92. The Bertz CT molecular complexity index is 918. The van der Waals surface area contributed by atoms with Gasteiger partial charge in [0.1, 0.15) is 5.82 Å². The fraction of sp³-hybridized carbons (Fsp3) is 0.143. The molecular weight excluding hydrogens is 345 g/mol. The lowest BCUT2D eigenvalue weighted by Gasteiger charge is -2.01. The highest BCUT2D eigenvalue weighted by Gasteiger charge is 2.11. The van der Waals surface area contributed by atoms with Gasteiger partial charge in [0.05, 0.1) is 11.4 Å². The Morgan fingerprint density at radius 1 is 1.15 bits per heavy atom. The van der Waals surface area contributed by atoms with E-state index in [9.17, 15) is 9.18 Å². The molecule has 0 spiro atoms. The van der Waals surface area contributed by atoms with Gasteiger partial charge >= 0.3 is 0 Å². The van der Waals surface area contributed by atoms with Crippen LogP contribution in [0.2, 0.25) is 0 Å². The van der Waals surface area contributed by atoms with Crippen molar-refractivity contribution in [3.8, 4) is 16.9 Å². The molecule has 2 aromatic carbocycles. The minimum absolute atomic E-state index is 0.0303. The average molecular weight is 365 g/mol.